The molecule has 2 aromatic heterocycles. The van der Waals surface area contributed by atoms with Crippen LogP contribution < -0.4 is 16.0 Å². The summed E-state index contributed by atoms with van der Waals surface area (Å²) in [4.78, 5) is 28.6. The summed E-state index contributed by atoms with van der Waals surface area (Å²) in [5, 5.41) is 16.2. The highest BCUT2D eigenvalue weighted by Crippen LogP contribution is 2.20. The van der Waals surface area contributed by atoms with Crippen molar-refractivity contribution in [3.05, 3.63) is 47.8 Å². The molecule has 1 aromatic carbocycles. The van der Waals surface area contributed by atoms with Gasteiger partial charge in [-0.05, 0) is 44.0 Å². The molecule has 0 bridgehead atoms. The number of hydrogen-bond acceptors (Lipinski definition) is 4. The molecule has 4 N–H and O–H groups in total. The molecule has 1 aliphatic rings. The first-order valence-electron chi connectivity index (χ1n) is 8.38. The number of nitrogens with one attached hydrogen (secondary N) is 4. The van der Waals surface area contributed by atoms with E-state index in [1.165, 1.54) is 0 Å². The van der Waals surface area contributed by atoms with Crippen molar-refractivity contribution in [1.82, 2.24) is 20.5 Å². The Kier molecular flexibility index (Phi) is 4.00. The molecule has 0 radical (unpaired) electrons. The van der Waals surface area contributed by atoms with Crippen LogP contribution >= 0.6 is 0 Å². The van der Waals surface area contributed by atoms with Crippen LogP contribution in [-0.4, -0.2) is 33.2 Å². The van der Waals surface area contributed by atoms with Crippen LogP contribution in [-0.2, 0) is 0 Å². The molecule has 0 unspecified atom stereocenters. The van der Waals surface area contributed by atoms with Crippen LogP contribution in [0, 0.1) is 6.92 Å². The maximum atomic E-state index is 12.5. The normalized spacial score (nSPS) is 13.4. The lowest BCUT2D eigenvalue weighted by Gasteiger charge is -2.09. The van der Waals surface area contributed by atoms with E-state index in [9.17, 15) is 9.59 Å². The number of H-pyrrole nitrogens is 1. The summed E-state index contributed by atoms with van der Waals surface area (Å²) in [6.45, 7) is 1.89. The molecule has 4 rings (SSSR count). The number of carbonyl (C=O) groups is 2. The fraction of sp³-hybridized carbons (Fsp3) is 0.222. The number of carbonyl (C=O) groups excluding carboxylic acids is 2. The fourth-order valence-electron chi connectivity index (χ4n) is 2.61. The number of amides is 3. The summed E-state index contributed by atoms with van der Waals surface area (Å²) in [6, 6.07) is 8.63. The second kappa shape index (κ2) is 6.47. The first-order chi connectivity index (χ1) is 12.6. The quantitative estimate of drug-likeness (QED) is 0.579. The molecule has 0 saturated heterocycles. The van der Waals surface area contributed by atoms with E-state index in [-0.39, 0.29) is 18.0 Å². The lowest BCUT2D eigenvalue weighted by Crippen LogP contribution is -2.30. The van der Waals surface area contributed by atoms with Gasteiger partial charge in [0.15, 0.2) is 5.65 Å². The van der Waals surface area contributed by atoms with Gasteiger partial charge in [-0.25, -0.2) is 9.78 Å². The zero-order chi connectivity index (χ0) is 18.1. The van der Waals surface area contributed by atoms with Gasteiger partial charge in [-0.2, -0.15) is 5.10 Å². The van der Waals surface area contributed by atoms with E-state index in [0.717, 1.165) is 23.9 Å². The van der Waals surface area contributed by atoms with Crippen LogP contribution in [0.1, 0.15) is 28.9 Å². The zero-order valence-corrected chi connectivity index (χ0v) is 14.2. The Morgan fingerprint density at radius 1 is 1.15 bits per heavy atom. The van der Waals surface area contributed by atoms with E-state index in [4.69, 9.17) is 0 Å². The third kappa shape index (κ3) is 3.49. The number of pyridine rings is 1. The van der Waals surface area contributed by atoms with Crippen molar-refractivity contribution in [2.45, 2.75) is 25.8 Å². The number of fused-ring (bicyclic) bond motifs is 1. The molecular weight excluding hydrogens is 332 g/mol. The Labute approximate surface area is 149 Å². The Morgan fingerprint density at radius 2 is 2.00 bits per heavy atom. The van der Waals surface area contributed by atoms with Crippen molar-refractivity contribution in [2.24, 2.45) is 0 Å². The minimum absolute atomic E-state index is 0.254. The summed E-state index contributed by atoms with van der Waals surface area (Å²) in [6.07, 6.45) is 3.60. The van der Waals surface area contributed by atoms with E-state index >= 15 is 0 Å². The predicted molar refractivity (Wildman–Crippen MR) is 98.2 cm³/mol. The van der Waals surface area contributed by atoms with Crippen molar-refractivity contribution in [2.75, 3.05) is 10.6 Å². The molecule has 8 nitrogen and oxygen atoms in total. The van der Waals surface area contributed by atoms with Crippen LogP contribution in [0.3, 0.4) is 0 Å². The number of urea groups is 1. The van der Waals surface area contributed by atoms with Crippen molar-refractivity contribution in [3.63, 3.8) is 0 Å². The van der Waals surface area contributed by atoms with Gasteiger partial charge < -0.3 is 16.0 Å². The average Bonchev–Trinajstić information content (AvgIpc) is 3.36. The third-order valence-electron chi connectivity index (χ3n) is 4.15. The summed E-state index contributed by atoms with van der Waals surface area (Å²) in [5.74, 6) is -0.279. The summed E-state index contributed by atoms with van der Waals surface area (Å²) in [5.41, 5.74) is 3.08. The second-order valence-corrected chi connectivity index (χ2v) is 6.35. The van der Waals surface area contributed by atoms with Crippen molar-refractivity contribution < 1.29 is 9.59 Å². The molecule has 1 aliphatic carbocycles. The highest BCUT2D eigenvalue weighted by atomic mass is 16.2. The lowest BCUT2D eigenvalue weighted by molar-refractivity contribution is 0.102. The van der Waals surface area contributed by atoms with Gasteiger partial charge in [0.25, 0.3) is 5.91 Å². The molecule has 0 aliphatic heterocycles. The van der Waals surface area contributed by atoms with Gasteiger partial charge >= 0.3 is 6.03 Å². The number of aromatic nitrogens is 3. The maximum absolute atomic E-state index is 12.5. The van der Waals surface area contributed by atoms with Crippen LogP contribution in [0.25, 0.3) is 11.0 Å². The number of anilines is 2. The third-order valence-corrected chi connectivity index (χ3v) is 4.15. The Morgan fingerprint density at radius 3 is 2.81 bits per heavy atom. The highest BCUT2D eigenvalue weighted by molar-refractivity contribution is 6.05. The predicted octanol–water partition coefficient (Wildman–Crippen LogP) is 2.80. The number of rotatable bonds is 4. The topological polar surface area (TPSA) is 112 Å². The van der Waals surface area contributed by atoms with Gasteiger partial charge in [-0.1, -0.05) is 6.07 Å². The summed E-state index contributed by atoms with van der Waals surface area (Å²) in [7, 11) is 0. The number of aromatic amines is 1. The van der Waals surface area contributed by atoms with Gasteiger partial charge in [0.1, 0.15) is 0 Å². The smallest absolute Gasteiger partial charge is 0.319 e. The molecule has 132 valence electrons. The van der Waals surface area contributed by atoms with Crippen LogP contribution in [0.15, 0.2) is 36.5 Å². The monoisotopic (exact) mass is 350 g/mol. The van der Waals surface area contributed by atoms with Crippen molar-refractivity contribution in [1.29, 1.82) is 0 Å². The summed E-state index contributed by atoms with van der Waals surface area (Å²) >= 11 is 0. The number of nitrogens with zero attached hydrogens (tertiary/aromatic N) is 2. The number of hydrogen-bond donors (Lipinski definition) is 4. The lowest BCUT2D eigenvalue weighted by atomic mass is 10.2. The summed E-state index contributed by atoms with van der Waals surface area (Å²) < 4.78 is 0. The van der Waals surface area contributed by atoms with Gasteiger partial charge in [0, 0.05) is 28.4 Å². The molecule has 0 atom stereocenters. The largest absolute Gasteiger partial charge is 0.335 e. The van der Waals surface area contributed by atoms with Crippen molar-refractivity contribution in [3.8, 4) is 0 Å². The van der Waals surface area contributed by atoms with E-state index in [2.05, 4.69) is 31.1 Å². The van der Waals surface area contributed by atoms with Crippen LogP contribution in [0.4, 0.5) is 16.2 Å². The van der Waals surface area contributed by atoms with E-state index in [0.29, 0.717) is 22.6 Å². The SMILES string of the molecule is Cc1[nH]nc2ncc(NC(=O)c3cccc(NC(=O)NC4CC4)c3)cc12. The molecule has 3 amide bonds. The molecule has 26 heavy (non-hydrogen) atoms. The Hall–Kier alpha value is -3.42. The maximum Gasteiger partial charge on any atom is 0.319 e. The standard InChI is InChI=1S/C18H18N6O2/c1-10-15-8-14(9-19-16(15)24-23-10)20-17(25)11-3-2-4-13(7-11)22-18(26)21-12-5-6-12/h2-4,7-9,12H,5-6H2,1H3,(H,20,25)(H,19,23,24)(H2,21,22,26). The molecule has 3 aromatic rings. The van der Waals surface area contributed by atoms with Crippen molar-refractivity contribution >= 4 is 34.3 Å². The van der Waals surface area contributed by atoms with Crippen LogP contribution in [0.2, 0.25) is 0 Å². The zero-order valence-electron chi connectivity index (χ0n) is 14.2. The second-order valence-electron chi connectivity index (χ2n) is 6.35. The molecule has 0 spiro atoms. The first kappa shape index (κ1) is 16.1. The van der Waals surface area contributed by atoms with Gasteiger partial charge in [-0.3, -0.25) is 9.89 Å². The van der Waals surface area contributed by atoms with E-state index in [1.807, 2.05) is 13.0 Å². The average molecular weight is 350 g/mol. The first-order valence-corrected chi connectivity index (χ1v) is 8.38. The van der Waals surface area contributed by atoms with Gasteiger partial charge in [0.05, 0.1) is 11.9 Å². The van der Waals surface area contributed by atoms with Gasteiger partial charge in [-0.15, -0.1) is 0 Å². The molecule has 2 heterocycles. The van der Waals surface area contributed by atoms with Gasteiger partial charge in [0.2, 0.25) is 0 Å². The fourth-order valence-corrected chi connectivity index (χ4v) is 2.61. The van der Waals surface area contributed by atoms with E-state index < -0.39 is 0 Å². The molecule has 8 heteroatoms. The molecular formula is C18H18N6O2. The van der Waals surface area contributed by atoms with Crippen LogP contribution in [0.5, 0.6) is 0 Å². The number of benzene rings is 1. The minimum Gasteiger partial charge on any atom is -0.335 e. The Balaban J connectivity index is 1.47. The molecule has 1 fully saturated rings. The van der Waals surface area contributed by atoms with E-state index in [1.54, 1.807) is 30.5 Å². The number of aryl methyl sites for hydroxylation is 1. The molecule has 1 saturated carbocycles. The Bertz CT molecular complexity index is 992. The minimum atomic E-state index is -0.279. The highest BCUT2D eigenvalue weighted by Gasteiger charge is 2.23.